The van der Waals surface area contributed by atoms with Crippen LogP contribution in [0.15, 0.2) is 24.3 Å². The molecule has 2 N–H and O–H groups in total. The van der Waals surface area contributed by atoms with E-state index in [0.29, 0.717) is 12.1 Å². The lowest BCUT2D eigenvalue weighted by Crippen LogP contribution is -2.40. The van der Waals surface area contributed by atoms with Crippen LogP contribution < -0.4 is 15.4 Å². The smallest absolute Gasteiger partial charge is 0.422 e. The van der Waals surface area contributed by atoms with Crippen LogP contribution in [0.1, 0.15) is 18.4 Å². The molecule has 0 saturated carbocycles. The predicted molar refractivity (Wildman–Crippen MR) is 82.7 cm³/mol. The summed E-state index contributed by atoms with van der Waals surface area (Å²) in [5, 5.41) is 5.98. The summed E-state index contributed by atoms with van der Waals surface area (Å²) in [5.41, 5.74) is 0.705. The number of benzene rings is 1. The van der Waals surface area contributed by atoms with E-state index in [0.717, 1.165) is 19.4 Å². The maximum atomic E-state index is 12.1. The fourth-order valence-electron chi connectivity index (χ4n) is 2.32. The normalized spacial score (nSPS) is 18.0. The van der Waals surface area contributed by atoms with Crippen molar-refractivity contribution in [2.45, 2.75) is 25.6 Å². The molecule has 4 nitrogen and oxygen atoms in total. The van der Waals surface area contributed by atoms with Crippen LogP contribution in [0.25, 0.3) is 0 Å². The molecule has 1 heterocycles. The van der Waals surface area contributed by atoms with Crippen LogP contribution >= 0.6 is 12.4 Å². The van der Waals surface area contributed by atoms with Crippen molar-refractivity contribution >= 4 is 18.3 Å². The van der Waals surface area contributed by atoms with E-state index in [1.54, 1.807) is 12.1 Å². The van der Waals surface area contributed by atoms with Crippen molar-refractivity contribution in [3.8, 4) is 5.75 Å². The molecule has 130 valence electrons. The number of carbonyl (C=O) groups excluding carboxylic acids is 1. The number of halogens is 4. The predicted octanol–water partition coefficient (Wildman–Crippen LogP) is 2.67. The highest BCUT2D eigenvalue weighted by Crippen LogP contribution is 2.19. The number of hydrogen-bond donors (Lipinski definition) is 2. The molecule has 0 radical (unpaired) electrons. The zero-order valence-electron chi connectivity index (χ0n) is 12.5. The van der Waals surface area contributed by atoms with Gasteiger partial charge in [-0.3, -0.25) is 4.79 Å². The van der Waals surface area contributed by atoms with Crippen molar-refractivity contribution in [2.75, 3.05) is 19.7 Å². The average Bonchev–Trinajstić information content (AvgIpc) is 2.51. The number of nitrogens with one attached hydrogen (secondary N) is 2. The van der Waals surface area contributed by atoms with Crippen molar-refractivity contribution < 1.29 is 22.7 Å². The molecule has 0 spiro atoms. The molecule has 1 aliphatic rings. The standard InChI is InChI=1S/C15H19F3N2O2.ClH/c16-15(17,18)10-22-13-5-1-3-11(7-13)8-20-14(21)12-4-2-6-19-9-12;/h1,3,5,7,12,19H,2,4,6,8-10H2,(H,20,21);1H. The lowest BCUT2D eigenvalue weighted by atomic mass is 9.99. The molecule has 1 aromatic rings. The first-order valence-corrected chi connectivity index (χ1v) is 7.21. The van der Waals surface area contributed by atoms with Crippen LogP contribution in [-0.4, -0.2) is 31.8 Å². The van der Waals surface area contributed by atoms with Gasteiger partial charge in [-0.05, 0) is 37.1 Å². The minimum absolute atomic E-state index is 0. The molecule has 1 unspecified atom stereocenters. The van der Waals surface area contributed by atoms with E-state index >= 15 is 0 Å². The van der Waals surface area contributed by atoms with Crippen molar-refractivity contribution in [1.29, 1.82) is 0 Å². The van der Waals surface area contributed by atoms with E-state index in [1.807, 2.05) is 0 Å². The quantitative estimate of drug-likeness (QED) is 0.856. The van der Waals surface area contributed by atoms with Gasteiger partial charge in [-0.2, -0.15) is 13.2 Å². The van der Waals surface area contributed by atoms with E-state index in [9.17, 15) is 18.0 Å². The van der Waals surface area contributed by atoms with Gasteiger partial charge in [0.1, 0.15) is 5.75 Å². The first kappa shape index (κ1) is 19.6. The summed E-state index contributed by atoms with van der Waals surface area (Å²) in [6.45, 7) is 0.554. The Hall–Kier alpha value is -1.47. The van der Waals surface area contributed by atoms with Crippen molar-refractivity contribution in [2.24, 2.45) is 5.92 Å². The Balaban J connectivity index is 0.00000264. The van der Waals surface area contributed by atoms with Gasteiger partial charge < -0.3 is 15.4 Å². The highest BCUT2D eigenvalue weighted by atomic mass is 35.5. The van der Waals surface area contributed by atoms with E-state index in [4.69, 9.17) is 0 Å². The van der Waals surface area contributed by atoms with Gasteiger partial charge in [0.2, 0.25) is 5.91 Å². The maximum Gasteiger partial charge on any atom is 0.422 e. The first-order valence-electron chi connectivity index (χ1n) is 7.21. The van der Waals surface area contributed by atoms with Crippen LogP contribution in [0, 0.1) is 5.92 Å². The molecule has 8 heteroatoms. The Bertz CT molecular complexity index is 506. The Morgan fingerprint density at radius 3 is 2.83 bits per heavy atom. The number of rotatable bonds is 5. The Kier molecular flexibility index (Phi) is 7.64. The zero-order chi connectivity index (χ0) is 16.0. The summed E-state index contributed by atoms with van der Waals surface area (Å²) in [6, 6.07) is 6.31. The van der Waals surface area contributed by atoms with Crippen LogP contribution in [0.4, 0.5) is 13.2 Å². The summed E-state index contributed by atoms with van der Waals surface area (Å²) in [5.74, 6) is 0.0654. The lowest BCUT2D eigenvalue weighted by molar-refractivity contribution is -0.153. The second-order valence-electron chi connectivity index (χ2n) is 5.31. The molecule has 1 aliphatic heterocycles. The van der Waals surface area contributed by atoms with Crippen molar-refractivity contribution in [1.82, 2.24) is 10.6 Å². The van der Waals surface area contributed by atoms with Crippen LogP contribution in [0.3, 0.4) is 0 Å². The van der Waals surface area contributed by atoms with Gasteiger partial charge in [-0.25, -0.2) is 0 Å². The molecule has 23 heavy (non-hydrogen) atoms. The van der Waals surface area contributed by atoms with E-state index < -0.39 is 12.8 Å². The first-order chi connectivity index (χ1) is 10.4. The van der Waals surface area contributed by atoms with E-state index in [1.165, 1.54) is 12.1 Å². The fourth-order valence-corrected chi connectivity index (χ4v) is 2.32. The van der Waals surface area contributed by atoms with Gasteiger partial charge in [0.05, 0.1) is 5.92 Å². The second-order valence-corrected chi connectivity index (χ2v) is 5.31. The minimum atomic E-state index is -4.36. The Labute approximate surface area is 139 Å². The number of piperidine rings is 1. The van der Waals surface area contributed by atoms with Gasteiger partial charge in [-0.1, -0.05) is 12.1 Å². The fraction of sp³-hybridized carbons (Fsp3) is 0.533. The third-order valence-corrected chi connectivity index (χ3v) is 3.44. The molecule has 2 rings (SSSR count). The third kappa shape index (κ3) is 7.09. The molecule has 1 aromatic carbocycles. The monoisotopic (exact) mass is 352 g/mol. The summed E-state index contributed by atoms with van der Waals surface area (Å²) < 4.78 is 41.0. The highest BCUT2D eigenvalue weighted by molar-refractivity contribution is 5.85. The van der Waals surface area contributed by atoms with Gasteiger partial charge in [0, 0.05) is 13.1 Å². The minimum Gasteiger partial charge on any atom is -0.484 e. The van der Waals surface area contributed by atoms with Gasteiger partial charge in [-0.15, -0.1) is 12.4 Å². The SMILES string of the molecule is Cl.O=C(NCc1cccc(OCC(F)(F)F)c1)C1CCCNC1. The second kappa shape index (κ2) is 8.98. The molecular weight excluding hydrogens is 333 g/mol. The molecular formula is C15H20ClF3N2O2. The van der Waals surface area contributed by atoms with Gasteiger partial charge >= 0.3 is 6.18 Å². The molecule has 0 aliphatic carbocycles. The molecule has 0 aromatic heterocycles. The number of hydrogen-bond acceptors (Lipinski definition) is 3. The van der Waals surface area contributed by atoms with Crippen molar-refractivity contribution in [3.63, 3.8) is 0 Å². The van der Waals surface area contributed by atoms with E-state index in [2.05, 4.69) is 15.4 Å². The Morgan fingerprint density at radius 2 is 2.17 bits per heavy atom. The molecule has 1 amide bonds. The summed E-state index contributed by atoms with van der Waals surface area (Å²) >= 11 is 0. The zero-order valence-corrected chi connectivity index (χ0v) is 13.3. The Morgan fingerprint density at radius 1 is 1.39 bits per heavy atom. The lowest BCUT2D eigenvalue weighted by Gasteiger charge is -2.21. The molecule has 1 atom stereocenters. The van der Waals surface area contributed by atoms with Crippen LogP contribution in [0.5, 0.6) is 5.75 Å². The molecule has 0 bridgehead atoms. The number of amides is 1. The van der Waals surface area contributed by atoms with Crippen molar-refractivity contribution in [3.05, 3.63) is 29.8 Å². The highest BCUT2D eigenvalue weighted by Gasteiger charge is 2.28. The number of carbonyl (C=O) groups is 1. The van der Waals surface area contributed by atoms with Crippen LogP contribution in [-0.2, 0) is 11.3 Å². The third-order valence-electron chi connectivity index (χ3n) is 3.44. The van der Waals surface area contributed by atoms with Gasteiger partial charge in [0.25, 0.3) is 0 Å². The summed E-state index contributed by atoms with van der Waals surface area (Å²) in [6.07, 6.45) is -2.54. The summed E-state index contributed by atoms with van der Waals surface area (Å²) in [4.78, 5) is 12.0. The van der Waals surface area contributed by atoms with Gasteiger partial charge in [0.15, 0.2) is 6.61 Å². The molecule has 1 saturated heterocycles. The molecule has 1 fully saturated rings. The average molecular weight is 353 g/mol. The largest absolute Gasteiger partial charge is 0.484 e. The maximum absolute atomic E-state index is 12.1. The topological polar surface area (TPSA) is 50.4 Å². The number of ether oxygens (including phenoxy) is 1. The van der Waals surface area contributed by atoms with Crippen LogP contribution in [0.2, 0.25) is 0 Å². The number of alkyl halides is 3. The van der Waals surface area contributed by atoms with E-state index in [-0.39, 0.29) is 36.5 Å². The summed E-state index contributed by atoms with van der Waals surface area (Å²) in [7, 11) is 0.